The van der Waals surface area contributed by atoms with Crippen LogP contribution in [0.25, 0.3) is 0 Å². The topological polar surface area (TPSA) is 261 Å². The molecule has 0 aliphatic carbocycles. The normalized spacial score (nSPS) is 1.45. The van der Waals surface area contributed by atoms with E-state index >= 15 is 0 Å². The standard InChI is InChI=1S/ClO.Hf.8H2O/c1-2;;;;;;;;;/h;;8*1H2/q-1;+1;;;;;;;;. The van der Waals surface area contributed by atoms with E-state index in [2.05, 4.69) is 14.3 Å². The van der Waals surface area contributed by atoms with Gasteiger partial charge in [-0.2, -0.15) is 0 Å². The maximum Gasteiger partial charge on any atom is -0.412 e. The van der Waals surface area contributed by atoms with Crippen LogP contribution >= 0.6 is 11.9 Å². The Balaban J connectivity index is -0.000000000714. The minimum absolute atomic E-state index is 0. The number of hydrogen-bond acceptors (Lipinski definition) is 1. The minimum atomic E-state index is 0. The van der Waals surface area contributed by atoms with Crippen LogP contribution in [0.3, 0.4) is 0 Å². The van der Waals surface area contributed by atoms with Crippen molar-refractivity contribution in [1.29, 1.82) is 0 Å². The molecule has 11 heavy (non-hydrogen) atoms. The Morgan fingerprint density at radius 1 is 0.636 bits per heavy atom. The Hall–Kier alpha value is 0.800. The molecule has 0 aliphatic rings. The van der Waals surface area contributed by atoms with E-state index in [0.29, 0.717) is 24.8 Å². The molecule has 0 fully saturated rings. The molecule has 11 heteroatoms. The van der Waals surface area contributed by atoms with Crippen molar-refractivity contribution in [1.82, 2.24) is 0 Å². The summed E-state index contributed by atoms with van der Waals surface area (Å²) in [4.78, 5) is 0. The molecule has 0 aromatic carbocycles. The molecule has 9 nitrogen and oxygen atoms in total. The number of rotatable bonds is 0. The van der Waals surface area contributed by atoms with Crippen molar-refractivity contribution in [3.05, 3.63) is 0 Å². The van der Waals surface area contributed by atoms with Crippen molar-refractivity contribution < 1.29 is 71.0 Å². The van der Waals surface area contributed by atoms with E-state index in [4.69, 9.17) is 0 Å². The Bertz CT molecular complexity index is 9.52. The fourth-order valence-electron chi connectivity index (χ4n) is 0. The van der Waals surface area contributed by atoms with Crippen molar-refractivity contribution in [2.24, 2.45) is 0 Å². The molecule has 0 aromatic rings. The van der Waals surface area contributed by atoms with Gasteiger partial charge >= 0.3 is 39.1 Å². The van der Waals surface area contributed by atoms with E-state index in [1.165, 1.54) is 0 Å². The molecule has 0 saturated carbocycles. The van der Waals surface area contributed by atoms with Crippen molar-refractivity contribution in [2.45, 2.75) is 0 Å². The van der Waals surface area contributed by atoms with Crippen LogP contribution < -0.4 is 0 Å². The third-order valence-corrected chi connectivity index (χ3v) is 0. The Kier molecular flexibility index (Phi) is 5110. The predicted molar refractivity (Wildman–Crippen MR) is 35.8 cm³/mol. The molecular formula is H16ClHfO9. The first-order chi connectivity index (χ1) is 1.41. The van der Waals surface area contributed by atoms with Crippen LogP contribution in [0.4, 0.5) is 0 Å². The van der Waals surface area contributed by atoms with E-state index in [1.54, 1.807) is 0 Å². The Morgan fingerprint density at radius 3 is 0.636 bits per heavy atom. The molecule has 16 N–H and O–H groups in total. The molecule has 0 spiro atoms. The second kappa shape index (κ2) is 320. The van der Waals surface area contributed by atoms with Gasteiger partial charge in [-0.25, -0.2) is 0 Å². The molecule has 0 unspecified atom stereocenters. The number of halogens is 1. The molecule has 81 valence electrons. The van der Waals surface area contributed by atoms with Crippen molar-refractivity contribution >= 4 is 11.9 Å². The maximum absolute atomic E-state index is 4.56. The smallest absolute Gasteiger partial charge is 0.412 e. The van der Waals surface area contributed by atoms with Gasteiger partial charge in [0.25, 0.3) is 0 Å². The summed E-state index contributed by atoms with van der Waals surface area (Å²) in [5.74, 6) is 0. The monoisotopic (exact) mass is 375 g/mol. The SMILES string of the molecule is Cl[O][Hf].O.O.O.O.O.O.O.O. The van der Waals surface area contributed by atoms with Crippen LogP contribution in [0.2, 0.25) is 0 Å². The van der Waals surface area contributed by atoms with E-state index in [1.807, 2.05) is 0 Å². The quantitative estimate of drug-likeness (QED) is 0.368. The summed E-state index contributed by atoms with van der Waals surface area (Å²) < 4.78 is 3.86. The van der Waals surface area contributed by atoms with Crippen LogP contribution in [0.5, 0.6) is 0 Å². The van der Waals surface area contributed by atoms with Gasteiger partial charge in [-0.05, 0) is 0 Å². The molecule has 0 amide bonds. The summed E-state index contributed by atoms with van der Waals surface area (Å²) >= 11 is 5.19. The summed E-state index contributed by atoms with van der Waals surface area (Å²) in [5, 5.41) is 0. The third kappa shape index (κ3) is 1310. The van der Waals surface area contributed by atoms with Crippen molar-refractivity contribution in [2.75, 3.05) is 0 Å². The van der Waals surface area contributed by atoms with Crippen molar-refractivity contribution in [3.63, 3.8) is 0 Å². The summed E-state index contributed by atoms with van der Waals surface area (Å²) in [6.45, 7) is 0. The Morgan fingerprint density at radius 2 is 0.636 bits per heavy atom. The van der Waals surface area contributed by atoms with Gasteiger partial charge < -0.3 is 43.8 Å². The van der Waals surface area contributed by atoms with Gasteiger partial charge in [-0.3, -0.25) is 0 Å². The van der Waals surface area contributed by atoms with E-state index in [9.17, 15) is 0 Å². The first-order valence-electron chi connectivity index (χ1n) is 0.358. The average molecular weight is 374 g/mol. The van der Waals surface area contributed by atoms with Gasteiger partial charge in [0.2, 0.25) is 0 Å². The van der Waals surface area contributed by atoms with Gasteiger partial charge in [-0.1, -0.05) is 0 Å². The van der Waals surface area contributed by atoms with Crippen LogP contribution in [0.15, 0.2) is 0 Å². The summed E-state index contributed by atoms with van der Waals surface area (Å²) in [6.07, 6.45) is 0. The van der Waals surface area contributed by atoms with Crippen LogP contribution in [0.1, 0.15) is 0 Å². The molecule has 0 atom stereocenters. The van der Waals surface area contributed by atoms with Gasteiger partial charge in [0.05, 0.1) is 0 Å². The zero-order valence-electron chi connectivity index (χ0n) is 5.29. The molecule has 0 radical (unpaired) electrons. The van der Waals surface area contributed by atoms with Gasteiger partial charge in [0.15, 0.2) is 0 Å². The zero-order chi connectivity index (χ0) is 2.71. The van der Waals surface area contributed by atoms with Crippen LogP contribution in [-0.2, 0) is 27.2 Å². The predicted octanol–water partition coefficient (Wildman–Crippen LogP) is -5.98. The summed E-state index contributed by atoms with van der Waals surface area (Å²) in [6, 6.07) is 0. The van der Waals surface area contributed by atoms with Crippen molar-refractivity contribution in [3.8, 4) is 0 Å². The molecular weight excluding hydrogens is 358 g/mol. The second-order valence-electron chi connectivity index (χ2n) is 0.0772. The fourth-order valence-corrected chi connectivity index (χ4v) is 0. The first-order valence-corrected chi connectivity index (χ1v) is 2.13. The van der Waals surface area contributed by atoms with E-state index in [-0.39, 0.29) is 43.8 Å². The first kappa shape index (κ1) is 176. The minimum Gasteiger partial charge on any atom is -0.412 e. The molecule has 0 saturated heterocycles. The zero-order valence-corrected chi connectivity index (χ0v) is 9.63. The molecule has 0 aromatic heterocycles. The van der Waals surface area contributed by atoms with E-state index < -0.39 is 0 Å². The summed E-state index contributed by atoms with van der Waals surface area (Å²) in [5.41, 5.74) is 0. The number of hydrogen-bond donors (Lipinski definition) is 0. The average Bonchev–Trinajstić information content (AvgIpc) is 0.918. The van der Waals surface area contributed by atoms with E-state index in [0.717, 1.165) is 0 Å². The second-order valence-corrected chi connectivity index (χ2v) is 1.89. The largest absolute Gasteiger partial charge is 0.412 e. The maximum atomic E-state index is 4.56. The molecule has 0 bridgehead atoms. The van der Waals surface area contributed by atoms with Gasteiger partial charge in [0, 0.05) is 0 Å². The van der Waals surface area contributed by atoms with Crippen LogP contribution in [-0.4, -0.2) is 43.8 Å². The molecule has 0 aliphatic heterocycles. The molecule has 0 heterocycles. The molecule has 0 rings (SSSR count). The summed E-state index contributed by atoms with van der Waals surface area (Å²) in [7, 11) is 0. The Labute approximate surface area is 83.1 Å². The van der Waals surface area contributed by atoms with Crippen LogP contribution in [0, 0.1) is 0 Å². The third-order valence-electron chi connectivity index (χ3n) is 0. The fraction of sp³-hybridized carbons (Fsp3) is 0. The van der Waals surface area contributed by atoms with Gasteiger partial charge in [-0.15, -0.1) is 0 Å². The van der Waals surface area contributed by atoms with Gasteiger partial charge in [0.1, 0.15) is 0 Å².